The molecule has 0 spiro atoms. The Hall–Kier alpha value is -3.00. The van der Waals surface area contributed by atoms with Crippen LogP contribution in [0.3, 0.4) is 0 Å². The average Bonchev–Trinajstić information content (AvgIpc) is 3.39. The third kappa shape index (κ3) is 4.22. The van der Waals surface area contributed by atoms with Gasteiger partial charge >= 0.3 is 0 Å². The minimum atomic E-state index is -0.0586. The summed E-state index contributed by atoms with van der Waals surface area (Å²) in [5.41, 5.74) is 1.94. The van der Waals surface area contributed by atoms with E-state index >= 15 is 0 Å². The van der Waals surface area contributed by atoms with Crippen molar-refractivity contribution in [1.29, 1.82) is 0 Å². The predicted octanol–water partition coefficient (Wildman–Crippen LogP) is 3.02. The van der Waals surface area contributed by atoms with Crippen molar-refractivity contribution in [3.8, 4) is 11.5 Å². The molecule has 0 aliphatic carbocycles. The van der Waals surface area contributed by atoms with Gasteiger partial charge in [0.05, 0.1) is 11.3 Å². The molecule has 1 fully saturated rings. The van der Waals surface area contributed by atoms with Crippen molar-refractivity contribution in [2.24, 2.45) is 0 Å². The van der Waals surface area contributed by atoms with E-state index in [1.807, 2.05) is 60.5 Å². The second-order valence-corrected chi connectivity index (χ2v) is 8.17. The summed E-state index contributed by atoms with van der Waals surface area (Å²) in [7, 11) is 0. The van der Waals surface area contributed by atoms with Crippen LogP contribution in [0.5, 0.6) is 0 Å². The number of carbonyl (C=O) groups is 2. The van der Waals surface area contributed by atoms with E-state index in [0.717, 1.165) is 16.0 Å². The highest BCUT2D eigenvalue weighted by atomic mass is 32.1. The zero-order valence-corrected chi connectivity index (χ0v) is 17.2. The number of hydrogen-bond donors (Lipinski definition) is 0. The van der Waals surface area contributed by atoms with Crippen LogP contribution in [0.4, 0.5) is 0 Å². The highest BCUT2D eigenvalue weighted by Crippen LogP contribution is 2.20. The summed E-state index contributed by atoms with van der Waals surface area (Å²) in [6.45, 7) is 5.48. The fourth-order valence-electron chi connectivity index (χ4n) is 3.50. The van der Waals surface area contributed by atoms with E-state index in [-0.39, 0.29) is 24.3 Å². The van der Waals surface area contributed by atoms with Crippen LogP contribution in [0.2, 0.25) is 0 Å². The number of nitrogens with zero attached hydrogens (tertiary/aromatic N) is 4. The maximum Gasteiger partial charge on any atom is 0.264 e. The fourth-order valence-corrected chi connectivity index (χ4v) is 4.17. The summed E-state index contributed by atoms with van der Waals surface area (Å²) in [5, 5.41) is 5.85. The molecule has 3 aromatic rings. The highest BCUT2D eigenvalue weighted by Gasteiger charge is 2.31. The summed E-state index contributed by atoms with van der Waals surface area (Å²) >= 11 is 1.44. The Kier molecular flexibility index (Phi) is 5.44. The number of piperazine rings is 1. The molecule has 1 atom stereocenters. The lowest BCUT2D eigenvalue weighted by molar-refractivity contribution is -0.133. The molecule has 0 radical (unpaired) electrons. The normalized spacial score (nSPS) is 16.8. The molecule has 2 aromatic heterocycles. The molecule has 0 N–H and O–H groups in total. The van der Waals surface area contributed by atoms with Crippen molar-refractivity contribution >= 4 is 23.2 Å². The van der Waals surface area contributed by atoms with Gasteiger partial charge in [-0.2, -0.15) is 4.98 Å². The molecule has 2 amide bonds. The number of aryl methyl sites for hydroxylation is 1. The van der Waals surface area contributed by atoms with Gasteiger partial charge in [-0.05, 0) is 37.4 Å². The second kappa shape index (κ2) is 8.16. The molecular weight excluding hydrogens is 388 g/mol. The largest absolute Gasteiger partial charge is 0.338 e. The summed E-state index contributed by atoms with van der Waals surface area (Å²) < 4.78 is 5.32. The van der Waals surface area contributed by atoms with Gasteiger partial charge in [0.2, 0.25) is 5.91 Å². The predicted molar refractivity (Wildman–Crippen MR) is 110 cm³/mol. The number of thiophene rings is 1. The second-order valence-electron chi connectivity index (χ2n) is 7.23. The number of amides is 2. The van der Waals surface area contributed by atoms with Crippen LogP contribution in [0.1, 0.15) is 28.0 Å². The number of benzene rings is 1. The van der Waals surface area contributed by atoms with E-state index in [2.05, 4.69) is 10.1 Å². The first-order chi connectivity index (χ1) is 14.0. The Labute approximate surface area is 172 Å². The molecule has 3 heterocycles. The van der Waals surface area contributed by atoms with Crippen molar-refractivity contribution < 1.29 is 14.1 Å². The minimum absolute atomic E-state index is 0.0283. The SMILES string of the molecule is Cc1cccc(-c2nc(CC(=O)N3CCN(C(=O)c4cccs4)C(C)C3)no2)c1. The lowest BCUT2D eigenvalue weighted by Gasteiger charge is -2.39. The molecule has 1 aliphatic heterocycles. The van der Waals surface area contributed by atoms with Crippen molar-refractivity contribution in [2.75, 3.05) is 19.6 Å². The fraction of sp³-hybridized carbons (Fsp3) is 0.333. The summed E-state index contributed by atoms with van der Waals surface area (Å²) in [5.74, 6) is 0.754. The van der Waals surface area contributed by atoms with Gasteiger partial charge in [-0.25, -0.2) is 0 Å². The molecule has 29 heavy (non-hydrogen) atoms. The molecule has 150 valence electrons. The molecule has 1 saturated heterocycles. The zero-order valence-electron chi connectivity index (χ0n) is 16.4. The topological polar surface area (TPSA) is 79.5 Å². The van der Waals surface area contributed by atoms with E-state index < -0.39 is 0 Å². The zero-order chi connectivity index (χ0) is 20.4. The molecule has 7 nitrogen and oxygen atoms in total. The molecule has 8 heteroatoms. The van der Waals surface area contributed by atoms with Gasteiger partial charge in [0.1, 0.15) is 0 Å². The monoisotopic (exact) mass is 410 g/mol. The van der Waals surface area contributed by atoms with Gasteiger partial charge in [-0.1, -0.05) is 28.9 Å². The molecule has 4 rings (SSSR count). The molecular formula is C21H22N4O3S. The quantitative estimate of drug-likeness (QED) is 0.661. The van der Waals surface area contributed by atoms with Crippen LogP contribution in [0.15, 0.2) is 46.3 Å². The lowest BCUT2D eigenvalue weighted by Crippen LogP contribution is -2.55. The van der Waals surface area contributed by atoms with Crippen molar-refractivity contribution in [2.45, 2.75) is 26.3 Å². The van der Waals surface area contributed by atoms with Gasteiger partial charge in [-0.3, -0.25) is 9.59 Å². The number of hydrogen-bond acceptors (Lipinski definition) is 6. The standard InChI is InChI=1S/C21H22N4O3S/c1-14-5-3-6-16(11-14)20-22-18(23-28-20)12-19(26)24-8-9-25(15(2)13-24)21(27)17-7-4-10-29-17/h3-7,10-11,15H,8-9,12-13H2,1-2H3. The maximum absolute atomic E-state index is 12.7. The first-order valence-corrected chi connectivity index (χ1v) is 10.4. The van der Waals surface area contributed by atoms with Crippen LogP contribution < -0.4 is 0 Å². The Bertz CT molecular complexity index is 1010. The number of carbonyl (C=O) groups excluding carboxylic acids is 2. The Morgan fingerprint density at radius 3 is 2.83 bits per heavy atom. The number of rotatable bonds is 4. The van der Waals surface area contributed by atoms with Crippen LogP contribution in [-0.2, 0) is 11.2 Å². The van der Waals surface area contributed by atoms with Gasteiger partial charge in [0.25, 0.3) is 11.8 Å². The van der Waals surface area contributed by atoms with Crippen molar-refractivity contribution in [1.82, 2.24) is 19.9 Å². The third-order valence-corrected chi connectivity index (χ3v) is 5.87. The highest BCUT2D eigenvalue weighted by molar-refractivity contribution is 7.12. The molecule has 0 saturated carbocycles. The Morgan fingerprint density at radius 1 is 1.24 bits per heavy atom. The van der Waals surface area contributed by atoms with Gasteiger partial charge in [0.15, 0.2) is 5.82 Å². The van der Waals surface area contributed by atoms with E-state index in [9.17, 15) is 9.59 Å². The summed E-state index contributed by atoms with van der Waals surface area (Å²) in [4.78, 5) is 34.0. The molecule has 1 aromatic carbocycles. The van der Waals surface area contributed by atoms with E-state index in [4.69, 9.17) is 4.52 Å². The molecule has 0 bridgehead atoms. The van der Waals surface area contributed by atoms with Gasteiger partial charge in [0, 0.05) is 31.2 Å². The number of aromatic nitrogens is 2. The summed E-state index contributed by atoms with van der Waals surface area (Å²) in [6.07, 6.45) is 0.0842. The summed E-state index contributed by atoms with van der Waals surface area (Å²) in [6, 6.07) is 11.4. The van der Waals surface area contributed by atoms with Crippen LogP contribution in [0, 0.1) is 6.92 Å². The van der Waals surface area contributed by atoms with Crippen molar-refractivity contribution in [3.63, 3.8) is 0 Å². The van der Waals surface area contributed by atoms with Crippen LogP contribution in [-0.4, -0.2) is 57.4 Å². The minimum Gasteiger partial charge on any atom is -0.338 e. The van der Waals surface area contributed by atoms with Crippen LogP contribution in [0.25, 0.3) is 11.5 Å². The smallest absolute Gasteiger partial charge is 0.264 e. The van der Waals surface area contributed by atoms with Gasteiger partial charge in [-0.15, -0.1) is 11.3 Å². The van der Waals surface area contributed by atoms with E-state index in [0.29, 0.717) is 31.3 Å². The molecule has 1 aliphatic rings. The molecule has 1 unspecified atom stereocenters. The first-order valence-electron chi connectivity index (χ1n) is 9.53. The maximum atomic E-state index is 12.7. The Balaban J connectivity index is 1.37. The van der Waals surface area contributed by atoms with Gasteiger partial charge < -0.3 is 14.3 Å². The van der Waals surface area contributed by atoms with E-state index in [1.54, 1.807) is 4.90 Å². The van der Waals surface area contributed by atoms with Crippen LogP contribution >= 0.6 is 11.3 Å². The van der Waals surface area contributed by atoms with Crippen molar-refractivity contribution in [3.05, 3.63) is 58.0 Å². The van der Waals surface area contributed by atoms with E-state index in [1.165, 1.54) is 11.3 Å². The first kappa shape index (κ1) is 19.3. The Morgan fingerprint density at radius 2 is 2.10 bits per heavy atom. The lowest BCUT2D eigenvalue weighted by atomic mass is 10.1. The third-order valence-electron chi connectivity index (χ3n) is 5.02. The average molecular weight is 410 g/mol.